The number of alkyl halides is 5. The van der Waals surface area contributed by atoms with Gasteiger partial charge in [-0.3, -0.25) is 0 Å². The van der Waals surface area contributed by atoms with E-state index in [-0.39, 0.29) is 6.07 Å². The fourth-order valence-corrected chi connectivity index (χ4v) is 0.528. The van der Waals surface area contributed by atoms with E-state index in [0.717, 1.165) is 6.92 Å². The van der Waals surface area contributed by atoms with E-state index in [1.807, 2.05) is 0 Å². The van der Waals surface area contributed by atoms with E-state index < -0.39 is 24.4 Å². The molecule has 0 bridgehead atoms. The van der Waals surface area contributed by atoms with Crippen LogP contribution in [0.3, 0.4) is 0 Å². The van der Waals surface area contributed by atoms with Gasteiger partial charge in [0.05, 0.1) is 0 Å². The maximum atomic E-state index is 12.2. The van der Waals surface area contributed by atoms with Gasteiger partial charge >= 0.3 is 11.8 Å². The second-order valence-corrected chi connectivity index (χ2v) is 2.18. The average molecular weight is 187 g/mol. The summed E-state index contributed by atoms with van der Waals surface area (Å²) in [6.07, 6.45) is -3.75. The Hall–Kier alpha value is -0.860. The number of rotatable bonds is 3. The van der Waals surface area contributed by atoms with Crippen molar-refractivity contribution in [3.8, 4) is 6.07 Å². The van der Waals surface area contributed by atoms with Gasteiger partial charge in [0.1, 0.15) is 6.07 Å². The Labute approximate surface area is 65.8 Å². The Morgan fingerprint density at radius 1 is 1.33 bits per heavy atom. The summed E-state index contributed by atoms with van der Waals surface area (Å²) in [4.78, 5) is 0. The molecule has 0 heterocycles. The largest absolute Gasteiger partial charge is 0.396 e. The summed E-state index contributed by atoms with van der Waals surface area (Å²) in [6.45, 7) is 0.992. The Morgan fingerprint density at radius 2 is 1.75 bits per heavy atom. The normalized spacial score (nSPS) is 15.4. The molecule has 0 aliphatic carbocycles. The summed E-state index contributed by atoms with van der Waals surface area (Å²) in [5, 5.41) is 7.63. The summed E-state index contributed by atoms with van der Waals surface area (Å²) in [5.74, 6) is -9.85. The van der Waals surface area contributed by atoms with Gasteiger partial charge in [0.15, 0.2) is 6.17 Å². The van der Waals surface area contributed by atoms with E-state index in [4.69, 9.17) is 5.26 Å². The fourth-order valence-electron chi connectivity index (χ4n) is 0.528. The van der Waals surface area contributed by atoms with Crippen molar-refractivity contribution < 1.29 is 22.0 Å². The lowest BCUT2D eigenvalue weighted by atomic mass is 10.1. The van der Waals surface area contributed by atoms with Crippen molar-refractivity contribution in [2.45, 2.75) is 31.4 Å². The van der Waals surface area contributed by atoms with Gasteiger partial charge < -0.3 is 0 Å². The lowest BCUT2D eigenvalue weighted by Crippen LogP contribution is -2.46. The van der Waals surface area contributed by atoms with Crippen LogP contribution in [0.4, 0.5) is 22.0 Å². The molecule has 12 heavy (non-hydrogen) atoms. The van der Waals surface area contributed by atoms with Crippen LogP contribution in [0.25, 0.3) is 0 Å². The number of nitrogens with zero attached hydrogens (tertiary/aromatic N) is 1. The van der Waals surface area contributed by atoms with Crippen LogP contribution in [-0.2, 0) is 0 Å². The molecular formula is C6H6F5N. The van der Waals surface area contributed by atoms with Crippen LogP contribution in [0.2, 0.25) is 0 Å². The van der Waals surface area contributed by atoms with Crippen molar-refractivity contribution in [1.82, 2.24) is 0 Å². The average Bonchev–Trinajstić information content (AvgIpc) is 2.02. The third-order valence-corrected chi connectivity index (χ3v) is 1.31. The van der Waals surface area contributed by atoms with Gasteiger partial charge in [-0.25, -0.2) is 4.39 Å². The van der Waals surface area contributed by atoms with Crippen molar-refractivity contribution in [3.63, 3.8) is 0 Å². The molecule has 70 valence electrons. The van der Waals surface area contributed by atoms with Gasteiger partial charge in [0, 0.05) is 0 Å². The summed E-state index contributed by atoms with van der Waals surface area (Å²) < 4.78 is 60.7. The highest BCUT2D eigenvalue weighted by atomic mass is 19.3. The highest BCUT2D eigenvalue weighted by Gasteiger charge is 2.61. The van der Waals surface area contributed by atoms with Crippen LogP contribution in [0.15, 0.2) is 0 Å². The molecule has 1 unspecified atom stereocenters. The van der Waals surface area contributed by atoms with Gasteiger partial charge in [0.25, 0.3) is 0 Å². The topological polar surface area (TPSA) is 23.8 Å². The second-order valence-electron chi connectivity index (χ2n) is 2.18. The third-order valence-electron chi connectivity index (χ3n) is 1.31. The van der Waals surface area contributed by atoms with Gasteiger partial charge in [-0.15, -0.1) is 0 Å². The first-order valence-electron chi connectivity index (χ1n) is 3.10. The number of nitriles is 1. The molecule has 0 aromatic carbocycles. The van der Waals surface area contributed by atoms with Gasteiger partial charge in [-0.2, -0.15) is 22.8 Å². The van der Waals surface area contributed by atoms with Gasteiger partial charge in [-0.05, 0) is 6.42 Å². The molecule has 6 heteroatoms. The van der Waals surface area contributed by atoms with Crippen LogP contribution in [0, 0.1) is 11.3 Å². The molecule has 0 rings (SSSR count). The Balaban J connectivity index is 4.74. The molecule has 0 saturated carbocycles. The van der Waals surface area contributed by atoms with Crippen LogP contribution < -0.4 is 0 Å². The monoisotopic (exact) mass is 187 g/mol. The molecule has 0 aliphatic rings. The van der Waals surface area contributed by atoms with Crippen LogP contribution in [-0.4, -0.2) is 18.0 Å². The van der Waals surface area contributed by atoms with Crippen molar-refractivity contribution in [2.75, 3.05) is 0 Å². The molecule has 1 atom stereocenters. The first-order chi connectivity index (χ1) is 5.29. The minimum atomic E-state index is -4.94. The minimum absolute atomic E-state index is 0.0735. The molecule has 1 nitrogen and oxygen atoms in total. The van der Waals surface area contributed by atoms with E-state index in [0.29, 0.717) is 0 Å². The molecule has 0 amide bonds. The number of hydrogen-bond donors (Lipinski definition) is 0. The number of hydrogen-bond acceptors (Lipinski definition) is 1. The van der Waals surface area contributed by atoms with Crippen molar-refractivity contribution in [3.05, 3.63) is 0 Å². The minimum Gasteiger partial charge on any atom is -0.241 e. The highest BCUT2D eigenvalue weighted by Crippen LogP contribution is 2.38. The molecule has 0 aromatic heterocycles. The molecular weight excluding hydrogens is 181 g/mol. The van der Waals surface area contributed by atoms with E-state index in [1.54, 1.807) is 0 Å². The summed E-state index contributed by atoms with van der Waals surface area (Å²) in [7, 11) is 0. The summed E-state index contributed by atoms with van der Waals surface area (Å²) in [5.41, 5.74) is 0. The second kappa shape index (κ2) is 3.25. The van der Waals surface area contributed by atoms with E-state index in [1.165, 1.54) is 0 Å². The quantitative estimate of drug-likeness (QED) is 0.623. The van der Waals surface area contributed by atoms with E-state index >= 15 is 0 Å². The Kier molecular flexibility index (Phi) is 3.02. The SMILES string of the molecule is CCC(F)C(F)(F)C(F)(F)C#N. The Morgan fingerprint density at radius 3 is 2.00 bits per heavy atom. The molecule has 0 radical (unpaired) electrons. The smallest absolute Gasteiger partial charge is 0.241 e. The molecule has 0 spiro atoms. The molecule has 0 saturated heterocycles. The van der Waals surface area contributed by atoms with E-state index in [2.05, 4.69) is 0 Å². The molecule has 0 fully saturated rings. The maximum absolute atomic E-state index is 12.2. The van der Waals surface area contributed by atoms with Crippen LogP contribution in [0.1, 0.15) is 13.3 Å². The van der Waals surface area contributed by atoms with Gasteiger partial charge in [-0.1, -0.05) is 6.92 Å². The zero-order valence-electron chi connectivity index (χ0n) is 6.12. The van der Waals surface area contributed by atoms with Crippen LogP contribution in [0.5, 0.6) is 0 Å². The zero-order chi connectivity index (χ0) is 9.99. The molecule has 0 aromatic rings. The summed E-state index contributed by atoms with van der Waals surface area (Å²) in [6, 6.07) is 0.0735. The van der Waals surface area contributed by atoms with Crippen molar-refractivity contribution >= 4 is 0 Å². The predicted molar refractivity (Wildman–Crippen MR) is 30.7 cm³/mol. The molecule has 0 N–H and O–H groups in total. The first-order valence-corrected chi connectivity index (χ1v) is 3.10. The highest BCUT2D eigenvalue weighted by molar-refractivity contribution is 5.05. The lowest BCUT2D eigenvalue weighted by Gasteiger charge is -2.23. The lowest BCUT2D eigenvalue weighted by molar-refractivity contribution is -0.209. The van der Waals surface area contributed by atoms with Crippen molar-refractivity contribution in [2.24, 2.45) is 0 Å². The first kappa shape index (κ1) is 11.1. The third kappa shape index (κ3) is 1.65. The van der Waals surface area contributed by atoms with Crippen LogP contribution >= 0.6 is 0 Å². The molecule has 0 aliphatic heterocycles. The van der Waals surface area contributed by atoms with Gasteiger partial charge in [0.2, 0.25) is 0 Å². The Bertz CT molecular complexity index is 195. The predicted octanol–water partition coefficient (Wildman–Crippen LogP) is 2.53. The number of halogens is 5. The standard InChI is InChI=1S/C6H6F5N/c1-2-4(7)6(10,11)5(8,9)3-12/h4H,2H2,1H3. The summed E-state index contributed by atoms with van der Waals surface area (Å²) >= 11 is 0. The van der Waals surface area contributed by atoms with Crippen molar-refractivity contribution in [1.29, 1.82) is 5.26 Å². The van der Waals surface area contributed by atoms with E-state index in [9.17, 15) is 22.0 Å². The maximum Gasteiger partial charge on any atom is 0.396 e. The fraction of sp³-hybridized carbons (Fsp3) is 0.833. The zero-order valence-corrected chi connectivity index (χ0v) is 6.12.